The Labute approximate surface area is 80.3 Å². The molecule has 0 aliphatic rings. The van der Waals surface area contributed by atoms with Crippen LogP contribution in [-0.4, -0.2) is 21.5 Å². The first-order valence-corrected chi connectivity index (χ1v) is 4.96. The second-order valence-corrected chi connectivity index (χ2v) is 4.12. The highest BCUT2D eigenvalue weighted by molar-refractivity contribution is 7.99. The SMILES string of the molecule is CC(CC(=O)O)SCc1ccno1. The zero-order chi connectivity index (χ0) is 9.68. The van der Waals surface area contributed by atoms with Crippen molar-refractivity contribution >= 4 is 17.7 Å². The van der Waals surface area contributed by atoms with Crippen molar-refractivity contribution in [2.24, 2.45) is 0 Å². The standard InChI is InChI=1S/C8H11NO3S/c1-6(4-8(10)11)13-5-7-2-3-9-12-7/h2-3,6H,4-5H2,1H3,(H,10,11). The second kappa shape index (κ2) is 4.91. The number of thioether (sulfide) groups is 1. The van der Waals surface area contributed by atoms with Crippen molar-refractivity contribution in [3.8, 4) is 0 Å². The molecule has 13 heavy (non-hydrogen) atoms. The van der Waals surface area contributed by atoms with E-state index in [1.807, 2.05) is 6.92 Å². The Morgan fingerprint density at radius 3 is 3.15 bits per heavy atom. The van der Waals surface area contributed by atoms with E-state index in [4.69, 9.17) is 9.63 Å². The lowest BCUT2D eigenvalue weighted by Gasteiger charge is -2.05. The number of nitrogens with zero attached hydrogens (tertiary/aromatic N) is 1. The molecule has 0 radical (unpaired) electrons. The van der Waals surface area contributed by atoms with Gasteiger partial charge in [-0.15, -0.1) is 0 Å². The van der Waals surface area contributed by atoms with Crippen molar-refractivity contribution < 1.29 is 14.4 Å². The van der Waals surface area contributed by atoms with Crippen molar-refractivity contribution in [2.75, 3.05) is 0 Å². The normalized spacial score (nSPS) is 12.7. The van der Waals surface area contributed by atoms with Crippen LogP contribution in [0.1, 0.15) is 19.1 Å². The van der Waals surface area contributed by atoms with Gasteiger partial charge in [0.15, 0.2) is 0 Å². The fourth-order valence-electron chi connectivity index (χ4n) is 0.846. The molecular weight excluding hydrogens is 190 g/mol. The zero-order valence-corrected chi connectivity index (χ0v) is 8.08. The number of carboxylic acid groups (broad SMARTS) is 1. The minimum atomic E-state index is -0.766. The van der Waals surface area contributed by atoms with Gasteiger partial charge in [-0.2, -0.15) is 11.8 Å². The van der Waals surface area contributed by atoms with Crippen molar-refractivity contribution in [3.05, 3.63) is 18.0 Å². The summed E-state index contributed by atoms with van der Waals surface area (Å²) >= 11 is 1.55. The molecule has 0 spiro atoms. The van der Waals surface area contributed by atoms with Crippen LogP contribution in [-0.2, 0) is 10.5 Å². The number of aromatic nitrogens is 1. The van der Waals surface area contributed by atoms with E-state index in [0.717, 1.165) is 5.76 Å². The van der Waals surface area contributed by atoms with Crippen LogP contribution >= 0.6 is 11.8 Å². The van der Waals surface area contributed by atoms with E-state index in [1.54, 1.807) is 24.0 Å². The van der Waals surface area contributed by atoms with Crippen molar-refractivity contribution in [2.45, 2.75) is 24.3 Å². The molecule has 1 atom stereocenters. The molecule has 72 valence electrons. The second-order valence-electron chi connectivity index (χ2n) is 2.70. The molecule has 0 saturated heterocycles. The van der Waals surface area contributed by atoms with Crippen LogP contribution in [0.2, 0.25) is 0 Å². The van der Waals surface area contributed by atoms with E-state index in [2.05, 4.69) is 5.16 Å². The molecule has 1 unspecified atom stereocenters. The Kier molecular flexibility index (Phi) is 3.82. The lowest BCUT2D eigenvalue weighted by Crippen LogP contribution is -2.05. The summed E-state index contributed by atoms with van der Waals surface area (Å²) in [6.07, 6.45) is 1.76. The maximum atomic E-state index is 10.3. The summed E-state index contributed by atoms with van der Waals surface area (Å²) in [6.45, 7) is 1.88. The lowest BCUT2D eigenvalue weighted by atomic mass is 10.3. The first-order valence-electron chi connectivity index (χ1n) is 3.91. The summed E-state index contributed by atoms with van der Waals surface area (Å²) in [5, 5.41) is 12.1. The molecule has 0 saturated carbocycles. The van der Waals surface area contributed by atoms with E-state index in [1.165, 1.54) is 0 Å². The molecular formula is C8H11NO3S. The van der Waals surface area contributed by atoms with Gasteiger partial charge >= 0.3 is 5.97 Å². The molecule has 5 heteroatoms. The largest absolute Gasteiger partial charge is 0.481 e. The quantitative estimate of drug-likeness (QED) is 0.786. The topological polar surface area (TPSA) is 63.3 Å². The number of hydrogen-bond donors (Lipinski definition) is 1. The Hall–Kier alpha value is -0.970. The summed E-state index contributed by atoms with van der Waals surface area (Å²) < 4.78 is 4.87. The Balaban J connectivity index is 2.22. The van der Waals surface area contributed by atoms with E-state index < -0.39 is 5.97 Å². The zero-order valence-electron chi connectivity index (χ0n) is 7.27. The van der Waals surface area contributed by atoms with E-state index >= 15 is 0 Å². The molecule has 1 heterocycles. The van der Waals surface area contributed by atoms with E-state index in [-0.39, 0.29) is 11.7 Å². The highest BCUT2D eigenvalue weighted by Gasteiger charge is 2.08. The third-order valence-electron chi connectivity index (χ3n) is 1.46. The van der Waals surface area contributed by atoms with E-state index in [9.17, 15) is 4.79 Å². The molecule has 0 aliphatic carbocycles. The molecule has 4 nitrogen and oxygen atoms in total. The van der Waals surface area contributed by atoms with Gasteiger partial charge in [0.25, 0.3) is 0 Å². The first-order chi connectivity index (χ1) is 6.18. The van der Waals surface area contributed by atoms with Crippen LogP contribution in [0.4, 0.5) is 0 Å². The summed E-state index contributed by atoms with van der Waals surface area (Å²) in [4.78, 5) is 10.3. The smallest absolute Gasteiger partial charge is 0.304 e. The highest BCUT2D eigenvalue weighted by atomic mass is 32.2. The maximum absolute atomic E-state index is 10.3. The minimum absolute atomic E-state index is 0.0996. The number of aliphatic carboxylic acids is 1. The van der Waals surface area contributed by atoms with Gasteiger partial charge in [-0.25, -0.2) is 0 Å². The molecule has 0 aliphatic heterocycles. The number of carbonyl (C=O) groups is 1. The van der Waals surface area contributed by atoms with Crippen LogP contribution < -0.4 is 0 Å². The monoisotopic (exact) mass is 201 g/mol. The summed E-state index contributed by atoms with van der Waals surface area (Å²) in [7, 11) is 0. The Morgan fingerprint density at radius 1 is 1.85 bits per heavy atom. The van der Waals surface area contributed by atoms with Crippen LogP contribution in [0, 0.1) is 0 Å². The van der Waals surface area contributed by atoms with Crippen LogP contribution in [0.3, 0.4) is 0 Å². The van der Waals surface area contributed by atoms with Gasteiger partial charge in [0.05, 0.1) is 18.4 Å². The fourth-order valence-corrected chi connectivity index (χ4v) is 1.70. The van der Waals surface area contributed by atoms with Crippen LogP contribution in [0.25, 0.3) is 0 Å². The molecule has 0 aromatic carbocycles. The van der Waals surface area contributed by atoms with E-state index in [0.29, 0.717) is 5.75 Å². The van der Waals surface area contributed by atoms with Gasteiger partial charge in [-0.3, -0.25) is 4.79 Å². The number of rotatable bonds is 5. The molecule has 1 N–H and O–H groups in total. The predicted molar refractivity (Wildman–Crippen MR) is 49.5 cm³/mol. The summed E-state index contributed by atoms with van der Waals surface area (Å²) in [5.74, 6) is 0.689. The van der Waals surface area contributed by atoms with Crippen molar-refractivity contribution in [3.63, 3.8) is 0 Å². The number of hydrogen-bond acceptors (Lipinski definition) is 4. The fraction of sp³-hybridized carbons (Fsp3) is 0.500. The van der Waals surface area contributed by atoms with Gasteiger partial charge < -0.3 is 9.63 Å². The van der Waals surface area contributed by atoms with Crippen LogP contribution in [0.5, 0.6) is 0 Å². The average molecular weight is 201 g/mol. The number of carboxylic acids is 1. The Bertz CT molecular complexity index is 260. The molecule has 0 fully saturated rings. The summed E-state index contributed by atoms with van der Waals surface area (Å²) in [5.41, 5.74) is 0. The Morgan fingerprint density at radius 2 is 2.62 bits per heavy atom. The maximum Gasteiger partial charge on any atom is 0.304 e. The van der Waals surface area contributed by atoms with Gasteiger partial charge in [0.1, 0.15) is 5.76 Å². The third-order valence-corrected chi connectivity index (χ3v) is 2.65. The van der Waals surface area contributed by atoms with Crippen molar-refractivity contribution in [1.82, 2.24) is 5.16 Å². The van der Waals surface area contributed by atoms with Gasteiger partial charge in [-0.1, -0.05) is 12.1 Å². The molecule has 0 amide bonds. The predicted octanol–water partition coefficient (Wildman–Crippen LogP) is 1.77. The minimum Gasteiger partial charge on any atom is -0.481 e. The lowest BCUT2D eigenvalue weighted by molar-refractivity contribution is -0.136. The van der Waals surface area contributed by atoms with Gasteiger partial charge in [0, 0.05) is 11.3 Å². The molecule has 0 bridgehead atoms. The van der Waals surface area contributed by atoms with Gasteiger partial charge in [0.2, 0.25) is 0 Å². The average Bonchev–Trinajstić information content (AvgIpc) is 2.51. The first kappa shape index (κ1) is 10.1. The van der Waals surface area contributed by atoms with Gasteiger partial charge in [-0.05, 0) is 0 Å². The molecule has 1 aromatic heterocycles. The van der Waals surface area contributed by atoms with Crippen LogP contribution in [0.15, 0.2) is 16.8 Å². The summed E-state index contributed by atoms with van der Waals surface area (Å²) in [6, 6.07) is 1.78. The van der Waals surface area contributed by atoms with Crippen molar-refractivity contribution in [1.29, 1.82) is 0 Å². The highest BCUT2D eigenvalue weighted by Crippen LogP contribution is 2.19. The molecule has 1 rings (SSSR count). The molecule has 1 aromatic rings. The third kappa shape index (κ3) is 3.98.